The molecular weight excluding hydrogens is 296 g/mol. The SMILES string of the molecule is COC(=O)c1cccc(C(=O)Nc2cc(CC(C)(C)C)[nH]n2)n1. The summed E-state index contributed by atoms with van der Waals surface area (Å²) >= 11 is 0. The van der Waals surface area contributed by atoms with E-state index in [2.05, 4.69) is 46.0 Å². The molecule has 0 spiro atoms. The summed E-state index contributed by atoms with van der Waals surface area (Å²) in [4.78, 5) is 27.6. The van der Waals surface area contributed by atoms with Crippen LogP contribution in [0.1, 0.15) is 47.4 Å². The van der Waals surface area contributed by atoms with E-state index in [-0.39, 0.29) is 16.8 Å². The van der Waals surface area contributed by atoms with Crippen LogP contribution in [0.25, 0.3) is 0 Å². The number of amides is 1. The van der Waals surface area contributed by atoms with E-state index in [1.165, 1.54) is 19.2 Å². The van der Waals surface area contributed by atoms with Crippen molar-refractivity contribution in [2.75, 3.05) is 12.4 Å². The van der Waals surface area contributed by atoms with Crippen LogP contribution in [-0.4, -0.2) is 34.2 Å². The third kappa shape index (κ3) is 4.64. The Kier molecular flexibility index (Phi) is 4.78. The smallest absolute Gasteiger partial charge is 0.356 e. The van der Waals surface area contributed by atoms with Gasteiger partial charge in [-0.2, -0.15) is 5.10 Å². The molecule has 0 aromatic carbocycles. The van der Waals surface area contributed by atoms with Gasteiger partial charge in [-0.15, -0.1) is 0 Å². The van der Waals surface area contributed by atoms with Gasteiger partial charge in [0.2, 0.25) is 0 Å². The van der Waals surface area contributed by atoms with Crippen LogP contribution < -0.4 is 5.32 Å². The first-order valence-corrected chi connectivity index (χ1v) is 7.19. The van der Waals surface area contributed by atoms with Gasteiger partial charge in [0, 0.05) is 11.8 Å². The minimum absolute atomic E-state index is 0.0793. The molecule has 0 unspecified atom stereocenters. The largest absolute Gasteiger partial charge is 0.464 e. The molecule has 2 N–H and O–H groups in total. The Balaban J connectivity index is 2.09. The van der Waals surface area contributed by atoms with Gasteiger partial charge >= 0.3 is 5.97 Å². The van der Waals surface area contributed by atoms with Crippen molar-refractivity contribution in [1.29, 1.82) is 0 Å². The number of pyridine rings is 1. The summed E-state index contributed by atoms with van der Waals surface area (Å²) in [6.07, 6.45) is 0.811. The first kappa shape index (κ1) is 16.7. The third-order valence-corrected chi connectivity index (χ3v) is 2.97. The Bertz CT molecular complexity index is 716. The average molecular weight is 316 g/mol. The van der Waals surface area contributed by atoms with Crippen molar-refractivity contribution in [3.63, 3.8) is 0 Å². The van der Waals surface area contributed by atoms with Crippen LogP contribution in [0.4, 0.5) is 5.82 Å². The van der Waals surface area contributed by atoms with Gasteiger partial charge in [-0.05, 0) is 24.0 Å². The van der Waals surface area contributed by atoms with Gasteiger partial charge in [-0.25, -0.2) is 9.78 Å². The van der Waals surface area contributed by atoms with Crippen LogP contribution >= 0.6 is 0 Å². The van der Waals surface area contributed by atoms with E-state index < -0.39 is 11.9 Å². The molecule has 1 amide bonds. The van der Waals surface area contributed by atoms with E-state index in [4.69, 9.17) is 0 Å². The lowest BCUT2D eigenvalue weighted by molar-refractivity contribution is 0.0594. The van der Waals surface area contributed by atoms with Crippen molar-refractivity contribution >= 4 is 17.7 Å². The Morgan fingerprint density at radius 1 is 1.26 bits per heavy atom. The fourth-order valence-corrected chi connectivity index (χ4v) is 2.05. The molecule has 0 atom stereocenters. The number of methoxy groups -OCH3 is 1. The topological polar surface area (TPSA) is 97.0 Å². The predicted molar refractivity (Wildman–Crippen MR) is 85.3 cm³/mol. The lowest BCUT2D eigenvalue weighted by Crippen LogP contribution is -2.16. The lowest BCUT2D eigenvalue weighted by Gasteiger charge is -2.15. The summed E-state index contributed by atoms with van der Waals surface area (Å²) in [6.45, 7) is 6.36. The highest BCUT2D eigenvalue weighted by atomic mass is 16.5. The van der Waals surface area contributed by atoms with Crippen LogP contribution in [0.15, 0.2) is 24.3 Å². The van der Waals surface area contributed by atoms with Gasteiger partial charge in [-0.3, -0.25) is 9.89 Å². The number of esters is 1. The average Bonchev–Trinajstić information content (AvgIpc) is 2.91. The van der Waals surface area contributed by atoms with E-state index in [1.807, 2.05) is 0 Å². The Morgan fingerprint density at radius 2 is 1.96 bits per heavy atom. The Hall–Kier alpha value is -2.70. The molecule has 23 heavy (non-hydrogen) atoms. The minimum atomic E-state index is -0.591. The maximum Gasteiger partial charge on any atom is 0.356 e. The van der Waals surface area contributed by atoms with Crippen LogP contribution in [0.5, 0.6) is 0 Å². The van der Waals surface area contributed by atoms with Gasteiger partial charge < -0.3 is 10.1 Å². The van der Waals surface area contributed by atoms with Crippen molar-refractivity contribution in [2.45, 2.75) is 27.2 Å². The molecule has 7 nitrogen and oxygen atoms in total. The first-order chi connectivity index (χ1) is 10.8. The maximum absolute atomic E-state index is 12.2. The van der Waals surface area contributed by atoms with E-state index in [9.17, 15) is 9.59 Å². The van der Waals surface area contributed by atoms with E-state index in [0.717, 1.165) is 12.1 Å². The molecule has 7 heteroatoms. The first-order valence-electron chi connectivity index (χ1n) is 7.19. The monoisotopic (exact) mass is 316 g/mol. The van der Waals surface area contributed by atoms with Crippen molar-refractivity contribution in [2.24, 2.45) is 5.41 Å². The summed E-state index contributed by atoms with van der Waals surface area (Å²) in [5.74, 6) is -0.615. The molecule has 2 aromatic heterocycles. The number of nitrogens with zero attached hydrogens (tertiary/aromatic N) is 2. The summed E-state index contributed by atoms with van der Waals surface area (Å²) in [5.41, 5.74) is 1.25. The summed E-state index contributed by atoms with van der Waals surface area (Å²) < 4.78 is 4.59. The standard InChI is InChI=1S/C16H20N4O3/c1-16(2,3)9-10-8-13(20-19-10)18-14(21)11-6-5-7-12(17-11)15(22)23-4/h5-8H,9H2,1-4H3,(H2,18,19,20,21). The molecule has 0 saturated heterocycles. The number of anilines is 1. The van der Waals surface area contributed by atoms with Crippen molar-refractivity contribution in [3.05, 3.63) is 41.3 Å². The highest BCUT2D eigenvalue weighted by Crippen LogP contribution is 2.20. The zero-order valence-electron chi connectivity index (χ0n) is 13.6. The van der Waals surface area contributed by atoms with Crippen LogP contribution in [0.3, 0.4) is 0 Å². The van der Waals surface area contributed by atoms with Crippen LogP contribution in [0.2, 0.25) is 0 Å². The van der Waals surface area contributed by atoms with Crippen LogP contribution in [-0.2, 0) is 11.2 Å². The normalized spacial score (nSPS) is 11.1. The fourth-order valence-electron chi connectivity index (χ4n) is 2.05. The summed E-state index contributed by atoms with van der Waals surface area (Å²) in [7, 11) is 1.26. The highest BCUT2D eigenvalue weighted by Gasteiger charge is 2.16. The van der Waals surface area contributed by atoms with Crippen molar-refractivity contribution in [1.82, 2.24) is 15.2 Å². The zero-order chi connectivity index (χ0) is 17.0. The number of hydrogen-bond acceptors (Lipinski definition) is 5. The third-order valence-electron chi connectivity index (χ3n) is 2.97. The molecule has 0 radical (unpaired) electrons. The second-order valence-electron chi connectivity index (χ2n) is 6.37. The molecule has 122 valence electrons. The molecular formula is C16H20N4O3. The number of H-pyrrole nitrogens is 1. The molecule has 0 aliphatic rings. The number of hydrogen-bond donors (Lipinski definition) is 2. The molecule has 2 rings (SSSR count). The maximum atomic E-state index is 12.2. The number of rotatable bonds is 4. The summed E-state index contributed by atoms with van der Waals surface area (Å²) in [6, 6.07) is 6.36. The van der Waals surface area contributed by atoms with Crippen molar-refractivity contribution in [3.8, 4) is 0 Å². The zero-order valence-corrected chi connectivity index (χ0v) is 13.6. The fraction of sp³-hybridized carbons (Fsp3) is 0.375. The number of carbonyl (C=O) groups excluding carboxylic acids is 2. The Morgan fingerprint density at radius 3 is 2.61 bits per heavy atom. The number of carbonyl (C=O) groups is 2. The number of nitrogens with one attached hydrogen (secondary N) is 2. The second kappa shape index (κ2) is 6.60. The lowest BCUT2D eigenvalue weighted by atomic mass is 9.91. The number of aromatic nitrogens is 3. The van der Waals surface area contributed by atoms with Crippen LogP contribution in [0, 0.1) is 5.41 Å². The molecule has 0 aliphatic carbocycles. The molecule has 0 saturated carbocycles. The number of aromatic amines is 1. The minimum Gasteiger partial charge on any atom is -0.464 e. The predicted octanol–water partition coefficient (Wildman–Crippen LogP) is 2.43. The van der Waals surface area contributed by atoms with E-state index >= 15 is 0 Å². The van der Waals surface area contributed by atoms with E-state index in [1.54, 1.807) is 12.1 Å². The van der Waals surface area contributed by atoms with Gasteiger partial charge in [-0.1, -0.05) is 26.8 Å². The van der Waals surface area contributed by atoms with Gasteiger partial charge in [0.15, 0.2) is 5.82 Å². The molecule has 0 bridgehead atoms. The van der Waals surface area contributed by atoms with Gasteiger partial charge in [0.05, 0.1) is 7.11 Å². The summed E-state index contributed by atoms with van der Waals surface area (Å²) in [5, 5.41) is 9.61. The quantitative estimate of drug-likeness (QED) is 0.844. The number of ether oxygens (including phenoxy) is 1. The molecule has 0 aliphatic heterocycles. The van der Waals surface area contributed by atoms with Gasteiger partial charge in [0.25, 0.3) is 5.91 Å². The van der Waals surface area contributed by atoms with Crippen molar-refractivity contribution < 1.29 is 14.3 Å². The highest BCUT2D eigenvalue weighted by molar-refractivity contribution is 6.03. The second-order valence-corrected chi connectivity index (χ2v) is 6.37. The van der Waals surface area contributed by atoms with Gasteiger partial charge in [0.1, 0.15) is 11.4 Å². The Labute approximate surface area is 134 Å². The molecule has 2 heterocycles. The molecule has 0 fully saturated rings. The molecule has 2 aromatic rings. The van der Waals surface area contributed by atoms with E-state index in [0.29, 0.717) is 5.82 Å².